The van der Waals surface area contributed by atoms with Gasteiger partial charge in [0.2, 0.25) is 6.79 Å². The Kier molecular flexibility index (Phi) is 5.19. The van der Waals surface area contributed by atoms with Crippen LogP contribution in [0.15, 0.2) is 41.3 Å². The lowest BCUT2D eigenvalue weighted by atomic mass is 10.2. The molecule has 0 N–H and O–H groups in total. The summed E-state index contributed by atoms with van der Waals surface area (Å²) in [5.74, 6) is 1.12. The summed E-state index contributed by atoms with van der Waals surface area (Å²) in [7, 11) is -2.05. The van der Waals surface area contributed by atoms with E-state index in [9.17, 15) is 18.5 Å². The molecule has 0 amide bonds. The van der Waals surface area contributed by atoms with E-state index in [-0.39, 0.29) is 23.1 Å². The second-order valence-corrected chi connectivity index (χ2v) is 7.88. The molecule has 0 radical (unpaired) electrons. The molecule has 1 aliphatic rings. The first-order valence-electron chi connectivity index (χ1n) is 7.96. The van der Waals surface area contributed by atoms with E-state index in [1.54, 1.807) is 23.1 Å². The largest absolute Gasteiger partial charge is 0.454 e. The first-order chi connectivity index (χ1) is 12.8. The normalized spacial score (nSPS) is 12.8. The van der Waals surface area contributed by atoms with Crippen LogP contribution < -0.4 is 14.4 Å². The third kappa shape index (κ3) is 3.96. The van der Waals surface area contributed by atoms with Crippen molar-refractivity contribution in [3.05, 3.63) is 46.5 Å². The molecule has 0 unspecified atom stereocenters. The number of rotatable bonds is 7. The molecule has 0 aromatic heterocycles. The van der Waals surface area contributed by atoms with Crippen molar-refractivity contribution in [1.82, 2.24) is 0 Å². The molecule has 0 bridgehead atoms. The Morgan fingerprint density at radius 1 is 1.19 bits per heavy atom. The number of nitro benzene ring substituents is 1. The monoisotopic (exact) mass is 394 g/mol. The molecule has 2 aromatic carbocycles. The third-order valence-electron chi connectivity index (χ3n) is 4.05. The number of anilines is 2. The van der Waals surface area contributed by atoms with E-state index in [1.807, 2.05) is 0 Å². The number of fused-ring (bicyclic) bond motifs is 1. The summed E-state index contributed by atoms with van der Waals surface area (Å²) in [5, 5.41) is 11.6. The molecular formula is C17H18N2O7S. The standard InChI is InChI=1S/C17H18N2O7S/c1-24-8-7-18(12-3-6-16-17(9-12)26-11-25-16)14-5-4-13(27(2,22)23)10-15(14)19(20)21/h3-6,9-10H,7-8,11H2,1-2H3. The van der Waals surface area contributed by atoms with Crippen molar-refractivity contribution in [2.75, 3.05) is 38.2 Å². The Bertz CT molecular complexity index is 975. The van der Waals surface area contributed by atoms with Gasteiger partial charge in [0, 0.05) is 37.7 Å². The molecule has 2 aromatic rings. The number of hydrogen-bond donors (Lipinski definition) is 0. The second kappa shape index (κ2) is 7.41. The molecule has 0 fully saturated rings. The van der Waals surface area contributed by atoms with Crippen molar-refractivity contribution in [1.29, 1.82) is 0 Å². The number of hydrogen-bond acceptors (Lipinski definition) is 8. The summed E-state index contributed by atoms with van der Waals surface area (Å²) in [6.45, 7) is 0.731. The van der Waals surface area contributed by atoms with Gasteiger partial charge in [-0.2, -0.15) is 0 Å². The average molecular weight is 394 g/mol. The zero-order valence-electron chi connectivity index (χ0n) is 14.7. The first-order valence-corrected chi connectivity index (χ1v) is 9.85. The highest BCUT2D eigenvalue weighted by atomic mass is 32.2. The molecular weight excluding hydrogens is 376 g/mol. The molecule has 27 heavy (non-hydrogen) atoms. The quantitative estimate of drug-likeness (QED) is 0.521. The maximum absolute atomic E-state index is 11.8. The Morgan fingerprint density at radius 3 is 2.59 bits per heavy atom. The molecule has 1 aliphatic heterocycles. The average Bonchev–Trinajstić information content (AvgIpc) is 3.09. The van der Waals surface area contributed by atoms with Crippen molar-refractivity contribution in [2.24, 2.45) is 0 Å². The van der Waals surface area contributed by atoms with Gasteiger partial charge in [0.05, 0.1) is 16.4 Å². The van der Waals surface area contributed by atoms with Gasteiger partial charge >= 0.3 is 0 Å². The molecule has 0 saturated carbocycles. The summed E-state index contributed by atoms with van der Waals surface area (Å²) in [6.07, 6.45) is 1.01. The van der Waals surface area contributed by atoms with E-state index >= 15 is 0 Å². The maximum atomic E-state index is 11.8. The van der Waals surface area contributed by atoms with E-state index < -0.39 is 14.8 Å². The maximum Gasteiger partial charge on any atom is 0.294 e. The fourth-order valence-electron chi connectivity index (χ4n) is 2.73. The number of methoxy groups -OCH3 is 1. The Balaban J connectivity index is 2.11. The lowest BCUT2D eigenvalue weighted by Gasteiger charge is -2.25. The molecule has 0 spiro atoms. The van der Waals surface area contributed by atoms with Gasteiger partial charge in [-0.1, -0.05) is 0 Å². The molecule has 0 atom stereocenters. The van der Waals surface area contributed by atoms with Crippen LogP contribution in [0.1, 0.15) is 0 Å². The summed E-state index contributed by atoms with van der Waals surface area (Å²) < 4.78 is 39.3. The summed E-state index contributed by atoms with van der Waals surface area (Å²) in [4.78, 5) is 12.6. The minimum absolute atomic E-state index is 0.111. The van der Waals surface area contributed by atoms with Gasteiger partial charge in [-0.15, -0.1) is 0 Å². The van der Waals surface area contributed by atoms with Crippen LogP contribution >= 0.6 is 0 Å². The van der Waals surface area contributed by atoms with Gasteiger partial charge in [-0.05, 0) is 24.3 Å². The third-order valence-corrected chi connectivity index (χ3v) is 5.16. The number of sulfone groups is 1. The van der Waals surface area contributed by atoms with Crippen molar-refractivity contribution >= 4 is 26.9 Å². The van der Waals surface area contributed by atoms with E-state index in [2.05, 4.69) is 0 Å². The molecule has 144 valence electrons. The Hall–Kier alpha value is -2.85. The lowest BCUT2D eigenvalue weighted by Crippen LogP contribution is -2.23. The zero-order valence-corrected chi connectivity index (χ0v) is 15.6. The highest BCUT2D eigenvalue weighted by molar-refractivity contribution is 7.90. The molecule has 9 nitrogen and oxygen atoms in total. The van der Waals surface area contributed by atoms with Crippen LogP contribution in [-0.2, 0) is 14.6 Å². The van der Waals surface area contributed by atoms with Crippen LogP contribution in [0.3, 0.4) is 0 Å². The minimum Gasteiger partial charge on any atom is -0.454 e. The highest BCUT2D eigenvalue weighted by Gasteiger charge is 2.25. The zero-order chi connectivity index (χ0) is 19.6. The van der Waals surface area contributed by atoms with Crippen molar-refractivity contribution in [3.8, 4) is 11.5 Å². The molecule has 1 heterocycles. The van der Waals surface area contributed by atoms with E-state index in [4.69, 9.17) is 14.2 Å². The van der Waals surface area contributed by atoms with Crippen molar-refractivity contribution < 1.29 is 27.6 Å². The fourth-order valence-corrected chi connectivity index (χ4v) is 3.37. The van der Waals surface area contributed by atoms with Crippen molar-refractivity contribution in [2.45, 2.75) is 4.90 Å². The number of nitro groups is 1. The van der Waals surface area contributed by atoms with Gasteiger partial charge in [-0.25, -0.2) is 8.42 Å². The summed E-state index contributed by atoms with van der Waals surface area (Å²) in [6, 6.07) is 9.02. The van der Waals surface area contributed by atoms with Crippen LogP contribution in [0.25, 0.3) is 0 Å². The van der Waals surface area contributed by atoms with Gasteiger partial charge in [-0.3, -0.25) is 10.1 Å². The van der Waals surface area contributed by atoms with Crippen LogP contribution in [0.5, 0.6) is 11.5 Å². The van der Waals surface area contributed by atoms with Crippen LogP contribution in [0, 0.1) is 10.1 Å². The predicted octanol–water partition coefficient (Wildman–Crippen LogP) is 2.51. The predicted molar refractivity (Wildman–Crippen MR) is 97.7 cm³/mol. The number of benzene rings is 2. The van der Waals surface area contributed by atoms with E-state index in [0.29, 0.717) is 30.3 Å². The van der Waals surface area contributed by atoms with E-state index in [1.165, 1.54) is 19.2 Å². The molecule has 0 saturated heterocycles. The topological polar surface area (TPSA) is 108 Å². The summed E-state index contributed by atoms with van der Waals surface area (Å²) in [5.41, 5.74) is 0.571. The molecule has 3 rings (SSSR count). The van der Waals surface area contributed by atoms with Crippen LogP contribution in [-0.4, -0.2) is 46.7 Å². The SMILES string of the molecule is COCCN(c1ccc2c(c1)OCO2)c1ccc(S(C)(=O)=O)cc1[N+](=O)[O-]. The summed E-state index contributed by atoms with van der Waals surface area (Å²) >= 11 is 0. The van der Waals surface area contributed by atoms with Gasteiger partial charge in [0.1, 0.15) is 5.69 Å². The number of nitrogens with zero attached hydrogens (tertiary/aromatic N) is 2. The van der Waals surface area contributed by atoms with E-state index in [0.717, 1.165) is 12.3 Å². The minimum atomic E-state index is -3.58. The van der Waals surface area contributed by atoms with Gasteiger partial charge in [0.25, 0.3) is 5.69 Å². The second-order valence-electron chi connectivity index (χ2n) is 5.86. The molecule has 0 aliphatic carbocycles. The first kappa shape index (κ1) is 18.9. The van der Waals surface area contributed by atoms with Crippen LogP contribution in [0.2, 0.25) is 0 Å². The smallest absolute Gasteiger partial charge is 0.294 e. The Morgan fingerprint density at radius 2 is 1.93 bits per heavy atom. The van der Waals surface area contributed by atoms with Crippen LogP contribution in [0.4, 0.5) is 17.1 Å². The van der Waals surface area contributed by atoms with Gasteiger partial charge in [0.15, 0.2) is 21.3 Å². The lowest BCUT2D eigenvalue weighted by molar-refractivity contribution is -0.384. The number of ether oxygens (including phenoxy) is 3. The van der Waals surface area contributed by atoms with Crippen molar-refractivity contribution in [3.63, 3.8) is 0 Å². The molecule has 10 heteroatoms. The highest BCUT2D eigenvalue weighted by Crippen LogP contribution is 2.40. The fraction of sp³-hybridized carbons (Fsp3) is 0.294. The Labute approximate surface area is 156 Å². The van der Waals surface area contributed by atoms with Gasteiger partial charge < -0.3 is 19.1 Å².